The number of rotatable bonds is 4. The van der Waals surface area contributed by atoms with Crippen LogP contribution in [0, 0.1) is 22.9 Å². The zero-order chi connectivity index (χ0) is 17.3. The molecule has 0 radical (unpaired) electrons. The SMILES string of the molecule is Cc1ccc(NC(=O)Cc2coc3ccc(F)cc23)cc1[N+](=O)[O-]. The Kier molecular flexibility index (Phi) is 3.99. The molecule has 3 aromatic rings. The van der Waals surface area contributed by atoms with Gasteiger partial charge in [0, 0.05) is 28.3 Å². The van der Waals surface area contributed by atoms with Gasteiger partial charge >= 0.3 is 0 Å². The maximum Gasteiger partial charge on any atom is 0.274 e. The molecule has 0 fully saturated rings. The second-order valence-electron chi connectivity index (χ2n) is 5.38. The van der Waals surface area contributed by atoms with Gasteiger partial charge in [-0.3, -0.25) is 14.9 Å². The van der Waals surface area contributed by atoms with Gasteiger partial charge in [-0.05, 0) is 31.2 Å². The molecule has 1 aromatic heterocycles. The lowest BCUT2D eigenvalue weighted by atomic mass is 10.1. The topological polar surface area (TPSA) is 85.4 Å². The zero-order valence-electron chi connectivity index (χ0n) is 12.7. The number of furan rings is 1. The maximum absolute atomic E-state index is 13.3. The molecule has 7 heteroatoms. The number of benzene rings is 2. The van der Waals surface area contributed by atoms with Crippen molar-refractivity contribution in [3.8, 4) is 0 Å². The first-order valence-electron chi connectivity index (χ1n) is 7.14. The minimum atomic E-state index is -0.503. The Morgan fingerprint density at radius 2 is 2.08 bits per heavy atom. The lowest BCUT2D eigenvalue weighted by molar-refractivity contribution is -0.385. The molecule has 0 spiro atoms. The van der Waals surface area contributed by atoms with E-state index in [1.54, 1.807) is 19.1 Å². The van der Waals surface area contributed by atoms with Gasteiger partial charge in [-0.2, -0.15) is 0 Å². The predicted molar refractivity (Wildman–Crippen MR) is 86.3 cm³/mol. The Morgan fingerprint density at radius 1 is 1.29 bits per heavy atom. The maximum atomic E-state index is 13.3. The summed E-state index contributed by atoms with van der Waals surface area (Å²) in [6.07, 6.45) is 1.37. The lowest BCUT2D eigenvalue weighted by Gasteiger charge is -2.05. The van der Waals surface area contributed by atoms with E-state index >= 15 is 0 Å². The molecule has 0 atom stereocenters. The van der Waals surface area contributed by atoms with Crippen LogP contribution in [0.2, 0.25) is 0 Å². The predicted octanol–water partition coefficient (Wildman–Crippen LogP) is 3.97. The van der Waals surface area contributed by atoms with Crippen molar-refractivity contribution in [3.05, 3.63) is 69.7 Å². The molecule has 122 valence electrons. The van der Waals surface area contributed by atoms with Crippen LogP contribution in [-0.2, 0) is 11.2 Å². The average Bonchev–Trinajstić information content (AvgIpc) is 2.91. The normalized spacial score (nSPS) is 10.8. The van der Waals surface area contributed by atoms with Crippen molar-refractivity contribution >= 4 is 28.3 Å². The molecular formula is C17H13FN2O4. The summed E-state index contributed by atoms with van der Waals surface area (Å²) in [5, 5.41) is 14.1. The molecule has 1 heterocycles. The zero-order valence-corrected chi connectivity index (χ0v) is 12.7. The number of hydrogen-bond acceptors (Lipinski definition) is 4. The van der Waals surface area contributed by atoms with E-state index in [9.17, 15) is 19.3 Å². The Morgan fingerprint density at radius 3 is 2.83 bits per heavy atom. The van der Waals surface area contributed by atoms with E-state index in [-0.39, 0.29) is 18.0 Å². The van der Waals surface area contributed by atoms with Crippen molar-refractivity contribution in [2.75, 3.05) is 5.32 Å². The van der Waals surface area contributed by atoms with E-state index in [4.69, 9.17) is 4.42 Å². The highest BCUT2D eigenvalue weighted by atomic mass is 19.1. The van der Waals surface area contributed by atoms with Crippen molar-refractivity contribution in [1.29, 1.82) is 0 Å². The monoisotopic (exact) mass is 328 g/mol. The van der Waals surface area contributed by atoms with E-state index in [0.29, 0.717) is 27.8 Å². The molecular weight excluding hydrogens is 315 g/mol. The van der Waals surface area contributed by atoms with E-state index < -0.39 is 10.7 Å². The van der Waals surface area contributed by atoms with E-state index in [0.717, 1.165) is 0 Å². The summed E-state index contributed by atoms with van der Waals surface area (Å²) >= 11 is 0. The lowest BCUT2D eigenvalue weighted by Crippen LogP contribution is -2.14. The van der Waals surface area contributed by atoms with Gasteiger partial charge in [0.05, 0.1) is 17.6 Å². The number of carbonyl (C=O) groups excluding carboxylic acids is 1. The van der Waals surface area contributed by atoms with E-state index in [1.807, 2.05) is 0 Å². The van der Waals surface area contributed by atoms with Crippen LogP contribution in [0.15, 0.2) is 47.1 Å². The highest BCUT2D eigenvalue weighted by Gasteiger charge is 2.14. The fraction of sp³-hybridized carbons (Fsp3) is 0.118. The van der Waals surface area contributed by atoms with Gasteiger partial charge < -0.3 is 9.73 Å². The van der Waals surface area contributed by atoms with Crippen molar-refractivity contribution in [1.82, 2.24) is 0 Å². The molecule has 0 bridgehead atoms. The van der Waals surface area contributed by atoms with Crippen LogP contribution >= 0.6 is 0 Å². The van der Waals surface area contributed by atoms with Gasteiger partial charge in [-0.15, -0.1) is 0 Å². The molecule has 0 aliphatic rings. The Hall–Kier alpha value is -3.22. The van der Waals surface area contributed by atoms with Crippen LogP contribution in [0.4, 0.5) is 15.8 Å². The van der Waals surface area contributed by atoms with Gasteiger partial charge in [0.2, 0.25) is 5.91 Å². The smallest absolute Gasteiger partial charge is 0.274 e. The largest absolute Gasteiger partial charge is 0.464 e. The molecule has 0 saturated heterocycles. The minimum absolute atomic E-state index is 0.0296. The van der Waals surface area contributed by atoms with Gasteiger partial charge in [-0.1, -0.05) is 6.07 Å². The molecule has 0 aliphatic carbocycles. The Labute approximate surface area is 136 Å². The van der Waals surface area contributed by atoms with Crippen molar-refractivity contribution in [2.45, 2.75) is 13.3 Å². The van der Waals surface area contributed by atoms with Crippen molar-refractivity contribution in [2.24, 2.45) is 0 Å². The summed E-state index contributed by atoms with van der Waals surface area (Å²) in [6.45, 7) is 1.62. The molecule has 0 aliphatic heterocycles. The first kappa shape index (κ1) is 15.7. The highest BCUT2D eigenvalue weighted by Crippen LogP contribution is 2.24. The number of nitro groups is 1. The third kappa shape index (κ3) is 3.10. The van der Waals surface area contributed by atoms with Gasteiger partial charge in [-0.25, -0.2) is 4.39 Å². The Balaban J connectivity index is 1.79. The number of nitrogens with zero attached hydrogens (tertiary/aromatic N) is 1. The highest BCUT2D eigenvalue weighted by molar-refractivity contribution is 5.95. The number of carbonyl (C=O) groups is 1. The minimum Gasteiger partial charge on any atom is -0.464 e. The summed E-state index contributed by atoms with van der Waals surface area (Å²) in [5.74, 6) is -0.792. The van der Waals surface area contributed by atoms with Gasteiger partial charge in [0.15, 0.2) is 0 Å². The van der Waals surface area contributed by atoms with Gasteiger partial charge in [0.1, 0.15) is 11.4 Å². The molecule has 3 rings (SSSR count). The number of amides is 1. The van der Waals surface area contributed by atoms with E-state index in [1.165, 1.54) is 30.5 Å². The molecule has 0 unspecified atom stereocenters. The number of hydrogen-bond donors (Lipinski definition) is 1. The fourth-order valence-electron chi connectivity index (χ4n) is 2.45. The fourth-order valence-corrected chi connectivity index (χ4v) is 2.45. The second kappa shape index (κ2) is 6.11. The molecule has 2 aromatic carbocycles. The molecule has 1 N–H and O–H groups in total. The summed E-state index contributed by atoms with van der Waals surface area (Å²) in [7, 11) is 0. The third-order valence-electron chi connectivity index (χ3n) is 3.66. The van der Waals surface area contributed by atoms with Crippen LogP contribution in [0.3, 0.4) is 0 Å². The summed E-state index contributed by atoms with van der Waals surface area (Å²) in [5.41, 5.74) is 1.81. The first-order valence-corrected chi connectivity index (χ1v) is 7.14. The van der Waals surface area contributed by atoms with Crippen LogP contribution in [0.1, 0.15) is 11.1 Å². The van der Waals surface area contributed by atoms with E-state index in [2.05, 4.69) is 5.32 Å². The molecule has 0 saturated carbocycles. The first-order chi connectivity index (χ1) is 11.4. The number of nitrogens with one attached hydrogen (secondary N) is 1. The molecule has 6 nitrogen and oxygen atoms in total. The molecule has 24 heavy (non-hydrogen) atoms. The van der Waals surface area contributed by atoms with Crippen LogP contribution in [0.25, 0.3) is 11.0 Å². The van der Waals surface area contributed by atoms with Crippen molar-refractivity contribution < 1.29 is 18.5 Å². The summed E-state index contributed by atoms with van der Waals surface area (Å²) in [4.78, 5) is 22.6. The second-order valence-corrected chi connectivity index (χ2v) is 5.38. The number of halogens is 1. The standard InChI is InChI=1S/C17H13FN2O4/c1-10-2-4-13(8-15(10)20(22)23)19-17(21)6-11-9-24-16-5-3-12(18)7-14(11)16/h2-5,7-9H,6H2,1H3,(H,19,21). The number of aryl methyl sites for hydroxylation is 1. The number of anilines is 1. The summed E-state index contributed by atoms with van der Waals surface area (Å²) < 4.78 is 18.6. The summed E-state index contributed by atoms with van der Waals surface area (Å²) in [6, 6.07) is 8.54. The van der Waals surface area contributed by atoms with Crippen LogP contribution in [-0.4, -0.2) is 10.8 Å². The third-order valence-corrected chi connectivity index (χ3v) is 3.66. The number of fused-ring (bicyclic) bond motifs is 1. The Bertz CT molecular complexity index is 949. The van der Waals surface area contributed by atoms with Crippen LogP contribution in [0.5, 0.6) is 0 Å². The number of nitro benzene ring substituents is 1. The average molecular weight is 328 g/mol. The quantitative estimate of drug-likeness (QED) is 0.580. The molecule has 1 amide bonds. The van der Waals surface area contributed by atoms with Crippen LogP contribution < -0.4 is 5.32 Å². The van der Waals surface area contributed by atoms with Crippen molar-refractivity contribution in [3.63, 3.8) is 0 Å². The van der Waals surface area contributed by atoms with Gasteiger partial charge in [0.25, 0.3) is 5.69 Å².